The van der Waals surface area contributed by atoms with Crippen LogP contribution in [0.1, 0.15) is 29.1 Å². The number of hydrogen-bond acceptors (Lipinski definition) is 5. The van der Waals surface area contributed by atoms with Gasteiger partial charge in [0, 0.05) is 25.5 Å². The third-order valence-electron chi connectivity index (χ3n) is 3.10. The largest absolute Gasteiger partial charge is 0.467 e. The lowest BCUT2D eigenvalue weighted by Gasteiger charge is -2.15. The van der Waals surface area contributed by atoms with Crippen LogP contribution in [0.15, 0.2) is 45.8 Å². The Bertz CT molecular complexity index is 669. The Hall–Kier alpha value is -2.34. The number of nitrogens with zero attached hydrogens (tertiary/aromatic N) is 3. The van der Waals surface area contributed by atoms with Gasteiger partial charge in [-0.2, -0.15) is 0 Å². The van der Waals surface area contributed by atoms with Crippen molar-refractivity contribution in [2.24, 2.45) is 7.05 Å². The minimum Gasteiger partial charge on any atom is -0.467 e. The number of imidazole rings is 1. The highest BCUT2D eigenvalue weighted by molar-refractivity contribution is 5.16. The Morgan fingerprint density at radius 2 is 2.35 bits per heavy atom. The van der Waals surface area contributed by atoms with E-state index < -0.39 is 0 Å². The van der Waals surface area contributed by atoms with Crippen LogP contribution < -0.4 is 5.32 Å². The van der Waals surface area contributed by atoms with Crippen LogP contribution in [0.4, 0.5) is 0 Å². The van der Waals surface area contributed by atoms with Crippen molar-refractivity contribution in [1.82, 2.24) is 20.0 Å². The van der Waals surface area contributed by atoms with Crippen LogP contribution in [0.25, 0.3) is 0 Å². The van der Waals surface area contributed by atoms with Gasteiger partial charge in [-0.3, -0.25) is 5.32 Å². The molecule has 1 atom stereocenters. The first-order chi connectivity index (χ1) is 9.74. The molecule has 0 aliphatic carbocycles. The summed E-state index contributed by atoms with van der Waals surface area (Å²) in [7, 11) is 1.96. The van der Waals surface area contributed by atoms with Gasteiger partial charge < -0.3 is 13.5 Å². The normalized spacial score (nSPS) is 12.7. The lowest BCUT2D eigenvalue weighted by Crippen LogP contribution is -2.24. The molecule has 20 heavy (non-hydrogen) atoms. The summed E-state index contributed by atoms with van der Waals surface area (Å²) in [6.45, 7) is 2.45. The monoisotopic (exact) mass is 272 g/mol. The second-order valence-corrected chi connectivity index (χ2v) is 4.66. The molecule has 0 radical (unpaired) electrons. The first-order valence-corrected chi connectivity index (χ1v) is 6.40. The highest BCUT2D eigenvalue weighted by Gasteiger charge is 2.21. The second-order valence-electron chi connectivity index (χ2n) is 4.66. The first-order valence-electron chi connectivity index (χ1n) is 6.40. The van der Waals surface area contributed by atoms with Gasteiger partial charge in [0.05, 0.1) is 18.5 Å². The van der Waals surface area contributed by atoms with Gasteiger partial charge in [0.1, 0.15) is 17.6 Å². The second kappa shape index (κ2) is 5.34. The van der Waals surface area contributed by atoms with Gasteiger partial charge in [0.15, 0.2) is 5.76 Å². The Kier molecular flexibility index (Phi) is 3.39. The van der Waals surface area contributed by atoms with Gasteiger partial charge in [-0.25, -0.2) is 4.98 Å². The van der Waals surface area contributed by atoms with Crippen molar-refractivity contribution in [3.63, 3.8) is 0 Å². The molecule has 104 valence electrons. The van der Waals surface area contributed by atoms with Crippen molar-refractivity contribution >= 4 is 0 Å². The van der Waals surface area contributed by atoms with Gasteiger partial charge in [-0.1, -0.05) is 5.16 Å². The highest BCUT2D eigenvalue weighted by Crippen LogP contribution is 2.21. The average molecular weight is 272 g/mol. The summed E-state index contributed by atoms with van der Waals surface area (Å²) in [6, 6.07) is 5.57. The molecule has 0 aliphatic rings. The van der Waals surface area contributed by atoms with Crippen molar-refractivity contribution in [1.29, 1.82) is 0 Å². The average Bonchev–Trinajstić information content (AvgIpc) is 3.14. The van der Waals surface area contributed by atoms with E-state index in [1.54, 1.807) is 12.5 Å². The zero-order valence-corrected chi connectivity index (χ0v) is 11.4. The minimum absolute atomic E-state index is 0.129. The zero-order chi connectivity index (χ0) is 13.9. The summed E-state index contributed by atoms with van der Waals surface area (Å²) < 4.78 is 12.7. The molecule has 0 spiro atoms. The molecule has 0 bridgehead atoms. The molecule has 0 saturated heterocycles. The van der Waals surface area contributed by atoms with Gasteiger partial charge in [0.2, 0.25) is 0 Å². The fraction of sp³-hybridized carbons (Fsp3) is 0.286. The fourth-order valence-corrected chi connectivity index (χ4v) is 2.13. The molecular formula is C14H16N4O2. The van der Waals surface area contributed by atoms with E-state index in [0.29, 0.717) is 6.54 Å². The van der Waals surface area contributed by atoms with Gasteiger partial charge in [-0.15, -0.1) is 0 Å². The quantitative estimate of drug-likeness (QED) is 0.771. The third kappa shape index (κ3) is 2.50. The Morgan fingerprint density at radius 3 is 2.95 bits per heavy atom. The molecule has 0 amide bonds. The van der Waals surface area contributed by atoms with Crippen LogP contribution in [0.5, 0.6) is 0 Å². The van der Waals surface area contributed by atoms with E-state index in [1.165, 1.54) is 0 Å². The molecule has 3 aromatic heterocycles. The molecule has 0 aromatic carbocycles. The van der Waals surface area contributed by atoms with Crippen LogP contribution in [0.2, 0.25) is 0 Å². The summed E-state index contributed by atoms with van der Waals surface area (Å²) in [5.41, 5.74) is 0.869. The fourth-order valence-electron chi connectivity index (χ4n) is 2.13. The maximum atomic E-state index is 5.51. The van der Waals surface area contributed by atoms with E-state index in [1.807, 2.05) is 42.9 Å². The summed E-state index contributed by atoms with van der Waals surface area (Å²) in [6.07, 6.45) is 5.34. The molecule has 0 aliphatic heterocycles. The molecule has 6 heteroatoms. The molecule has 3 heterocycles. The van der Waals surface area contributed by atoms with Crippen molar-refractivity contribution in [2.45, 2.75) is 19.5 Å². The Morgan fingerprint density at radius 1 is 1.45 bits per heavy atom. The van der Waals surface area contributed by atoms with Crippen molar-refractivity contribution in [2.75, 3.05) is 0 Å². The number of aromatic nitrogens is 3. The maximum Gasteiger partial charge on any atom is 0.150 e. The van der Waals surface area contributed by atoms with E-state index in [-0.39, 0.29) is 6.04 Å². The SMILES string of the molecule is Cc1cc(CNC(c2ccco2)c2nccn2C)on1. The highest BCUT2D eigenvalue weighted by atomic mass is 16.5. The van der Waals surface area contributed by atoms with E-state index in [4.69, 9.17) is 8.94 Å². The van der Waals surface area contributed by atoms with Crippen LogP contribution in [-0.4, -0.2) is 14.7 Å². The Labute approximate surface area is 116 Å². The molecule has 0 fully saturated rings. The summed E-state index contributed by atoms with van der Waals surface area (Å²) in [5, 5.41) is 7.26. The van der Waals surface area contributed by atoms with Gasteiger partial charge >= 0.3 is 0 Å². The molecule has 3 rings (SSSR count). The third-order valence-corrected chi connectivity index (χ3v) is 3.10. The number of furan rings is 1. The number of aryl methyl sites for hydroxylation is 2. The number of hydrogen-bond donors (Lipinski definition) is 1. The molecule has 3 aromatic rings. The standard InChI is InChI=1S/C14H16N4O2/c1-10-8-11(20-17-10)9-16-13(12-4-3-7-19-12)14-15-5-6-18(14)2/h3-8,13,16H,9H2,1-2H3. The van der Waals surface area contributed by atoms with Crippen LogP contribution in [-0.2, 0) is 13.6 Å². The summed E-state index contributed by atoms with van der Waals surface area (Å²) in [4.78, 5) is 4.38. The predicted octanol–water partition coefficient (Wildman–Crippen LogP) is 2.19. The summed E-state index contributed by atoms with van der Waals surface area (Å²) >= 11 is 0. The number of nitrogens with one attached hydrogen (secondary N) is 1. The van der Waals surface area contributed by atoms with Crippen LogP contribution in [0.3, 0.4) is 0 Å². The van der Waals surface area contributed by atoms with Crippen molar-refractivity contribution < 1.29 is 8.94 Å². The lowest BCUT2D eigenvalue weighted by molar-refractivity contribution is 0.354. The molecule has 0 saturated carbocycles. The topological polar surface area (TPSA) is 69.0 Å². The van der Waals surface area contributed by atoms with E-state index in [2.05, 4.69) is 15.5 Å². The first kappa shape index (κ1) is 12.7. The molecule has 1 N–H and O–H groups in total. The van der Waals surface area contributed by atoms with Crippen LogP contribution in [0, 0.1) is 6.92 Å². The summed E-state index contributed by atoms with van der Waals surface area (Å²) in [5.74, 6) is 2.49. The van der Waals surface area contributed by atoms with Crippen molar-refractivity contribution in [3.05, 3.63) is 59.9 Å². The smallest absolute Gasteiger partial charge is 0.150 e. The Balaban J connectivity index is 1.81. The van der Waals surface area contributed by atoms with Gasteiger partial charge in [-0.05, 0) is 19.1 Å². The van der Waals surface area contributed by atoms with E-state index >= 15 is 0 Å². The molecule has 6 nitrogen and oxygen atoms in total. The van der Waals surface area contributed by atoms with Gasteiger partial charge in [0.25, 0.3) is 0 Å². The number of rotatable bonds is 5. The van der Waals surface area contributed by atoms with E-state index in [9.17, 15) is 0 Å². The predicted molar refractivity (Wildman–Crippen MR) is 71.8 cm³/mol. The molecular weight excluding hydrogens is 256 g/mol. The lowest BCUT2D eigenvalue weighted by atomic mass is 10.2. The van der Waals surface area contributed by atoms with Crippen LogP contribution >= 0.6 is 0 Å². The zero-order valence-electron chi connectivity index (χ0n) is 11.4. The van der Waals surface area contributed by atoms with Crippen molar-refractivity contribution in [3.8, 4) is 0 Å². The van der Waals surface area contributed by atoms with E-state index in [0.717, 1.165) is 23.0 Å². The molecule has 1 unspecified atom stereocenters. The maximum absolute atomic E-state index is 5.51. The minimum atomic E-state index is -0.129.